The van der Waals surface area contributed by atoms with Gasteiger partial charge in [-0.3, -0.25) is 9.79 Å². The number of rotatable bonds is 7. The fourth-order valence-corrected chi connectivity index (χ4v) is 4.49. The lowest BCUT2D eigenvalue weighted by Gasteiger charge is -2.19. The van der Waals surface area contributed by atoms with Crippen molar-refractivity contribution in [1.29, 1.82) is 0 Å². The molecule has 0 fully saturated rings. The predicted octanol–water partition coefficient (Wildman–Crippen LogP) is 3.25. The van der Waals surface area contributed by atoms with Crippen LogP contribution in [-0.4, -0.2) is 51.6 Å². The number of benzene rings is 2. The normalized spacial score (nSPS) is 14.1. The number of amidine groups is 1. The van der Waals surface area contributed by atoms with E-state index in [4.69, 9.17) is 16.6 Å². The summed E-state index contributed by atoms with van der Waals surface area (Å²) in [5, 5.41) is 17.3. The van der Waals surface area contributed by atoms with E-state index in [2.05, 4.69) is 25.6 Å². The van der Waals surface area contributed by atoms with Gasteiger partial charge in [-0.2, -0.15) is 0 Å². The lowest BCUT2D eigenvalue weighted by atomic mass is 10.1. The van der Waals surface area contributed by atoms with E-state index in [1.165, 1.54) is 0 Å². The zero-order chi connectivity index (χ0) is 23.7. The number of nitrogens with one attached hydrogen (secondary N) is 4. The van der Waals surface area contributed by atoms with Crippen LogP contribution in [0.5, 0.6) is 0 Å². The van der Waals surface area contributed by atoms with Crippen molar-refractivity contribution >= 4 is 34.2 Å². The second kappa shape index (κ2) is 9.32. The van der Waals surface area contributed by atoms with Crippen molar-refractivity contribution in [3.8, 4) is 11.4 Å². The van der Waals surface area contributed by atoms with Gasteiger partial charge < -0.3 is 25.7 Å². The molecule has 0 spiro atoms. The summed E-state index contributed by atoms with van der Waals surface area (Å²) >= 11 is 6.31. The lowest BCUT2D eigenvalue weighted by Crippen LogP contribution is -2.28. The Kier molecular flexibility index (Phi) is 6.08. The molecule has 0 bridgehead atoms. The number of aliphatic hydroxyl groups excluding tert-OH is 1. The van der Waals surface area contributed by atoms with Crippen molar-refractivity contribution in [2.24, 2.45) is 4.99 Å². The fourth-order valence-electron chi connectivity index (χ4n) is 4.28. The van der Waals surface area contributed by atoms with Gasteiger partial charge in [0.1, 0.15) is 17.2 Å². The van der Waals surface area contributed by atoms with Crippen LogP contribution < -0.4 is 16.2 Å². The molecule has 4 aromatic rings. The van der Waals surface area contributed by atoms with Crippen molar-refractivity contribution in [3.63, 3.8) is 0 Å². The summed E-state index contributed by atoms with van der Waals surface area (Å²) < 4.78 is 0. The minimum atomic E-state index is -0.343. The molecule has 2 aromatic heterocycles. The van der Waals surface area contributed by atoms with Gasteiger partial charge in [-0.15, -0.1) is 0 Å². The highest BCUT2D eigenvalue weighted by molar-refractivity contribution is 6.31. The third kappa shape index (κ3) is 4.30. The predicted molar refractivity (Wildman–Crippen MR) is 136 cm³/mol. The molecule has 0 radical (unpaired) electrons. The third-order valence-electron chi connectivity index (χ3n) is 5.93. The summed E-state index contributed by atoms with van der Waals surface area (Å²) in [6.07, 6.45) is 2.08. The molecule has 1 atom stereocenters. The van der Waals surface area contributed by atoms with Gasteiger partial charge in [-0.05, 0) is 48.7 Å². The Hall–Kier alpha value is -3.62. The Balaban J connectivity index is 1.51. The summed E-state index contributed by atoms with van der Waals surface area (Å²) in [5.74, 6) is 1.32. The average Bonchev–Trinajstić information content (AvgIpc) is 3.50. The molecule has 0 unspecified atom stereocenters. The van der Waals surface area contributed by atoms with Crippen LogP contribution in [0.1, 0.15) is 16.7 Å². The minimum absolute atomic E-state index is 0.130. The molecule has 1 aliphatic rings. The first-order chi connectivity index (χ1) is 16.5. The average molecular weight is 477 g/mol. The molecule has 5 N–H and O–H groups in total. The lowest BCUT2D eigenvalue weighted by molar-refractivity contribution is 0.274. The van der Waals surface area contributed by atoms with Crippen molar-refractivity contribution < 1.29 is 5.11 Å². The highest BCUT2D eigenvalue weighted by Gasteiger charge is 2.19. The number of imidazole rings is 1. The molecule has 174 valence electrons. The molecule has 9 heteroatoms. The Morgan fingerprint density at radius 3 is 2.85 bits per heavy atom. The maximum Gasteiger partial charge on any atom is 0.261 e. The molecule has 0 aliphatic carbocycles. The van der Waals surface area contributed by atoms with Crippen LogP contribution in [0.4, 0.5) is 5.69 Å². The SMILES string of the molecule is Cc1cc(C2=NCCN2)cc2[nH]c(-c3c(N[C@H](CO)Cc4ccccc4Cl)cc[nH]c3=O)nc12. The summed E-state index contributed by atoms with van der Waals surface area (Å²) in [6, 6.07) is 13.0. The van der Waals surface area contributed by atoms with Gasteiger partial charge in [0.05, 0.1) is 35.9 Å². The Labute approximate surface area is 201 Å². The highest BCUT2D eigenvalue weighted by Crippen LogP contribution is 2.28. The molecule has 5 rings (SSSR count). The molecule has 3 heterocycles. The Morgan fingerprint density at radius 2 is 2.09 bits per heavy atom. The molecule has 0 amide bonds. The number of aliphatic hydroxyl groups is 1. The van der Waals surface area contributed by atoms with Crippen molar-refractivity contribution in [1.82, 2.24) is 20.3 Å². The van der Waals surface area contributed by atoms with Gasteiger partial charge in [0.2, 0.25) is 0 Å². The quantitative estimate of drug-likeness (QED) is 0.280. The van der Waals surface area contributed by atoms with E-state index < -0.39 is 0 Å². The number of halogens is 1. The van der Waals surface area contributed by atoms with E-state index in [0.717, 1.165) is 46.6 Å². The number of anilines is 1. The van der Waals surface area contributed by atoms with Gasteiger partial charge in [-0.1, -0.05) is 29.8 Å². The van der Waals surface area contributed by atoms with Crippen molar-refractivity contribution in [3.05, 3.63) is 80.7 Å². The summed E-state index contributed by atoms with van der Waals surface area (Å²) in [4.78, 5) is 28.2. The number of aromatic nitrogens is 3. The van der Waals surface area contributed by atoms with Crippen LogP contribution in [0, 0.1) is 6.92 Å². The Morgan fingerprint density at radius 1 is 1.24 bits per heavy atom. The third-order valence-corrected chi connectivity index (χ3v) is 6.30. The van der Waals surface area contributed by atoms with Gasteiger partial charge in [0.15, 0.2) is 0 Å². The topological polar surface area (TPSA) is 118 Å². The molecule has 1 aliphatic heterocycles. The summed E-state index contributed by atoms with van der Waals surface area (Å²) in [7, 11) is 0. The number of aromatic amines is 2. The number of H-pyrrole nitrogens is 2. The molecule has 34 heavy (non-hydrogen) atoms. The van der Waals surface area contributed by atoms with E-state index in [0.29, 0.717) is 28.5 Å². The number of aliphatic imine (C=N–C) groups is 1. The minimum Gasteiger partial charge on any atom is -0.394 e. The van der Waals surface area contributed by atoms with Crippen LogP contribution in [0.15, 0.2) is 58.4 Å². The first-order valence-electron chi connectivity index (χ1n) is 11.2. The monoisotopic (exact) mass is 476 g/mol. The highest BCUT2D eigenvalue weighted by atomic mass is 35.5. The van der Waals surface area contributed by atoms with Gasteiger partial charge in [-0.25, -0.2) is 4.98 Å². The van der Waals surface area contributed by atoms with Crippen LogP contribution >= 0.6 is 11.6 Å². The molecular weight excluding hydrogens is 452 g/mol. The van der Waals surface area contributed by atoms with Crippen molar-refractivity contribution in [2.75, 3.05) is 25.0 Å². The molecular formula is C25H25ClN6O2. The fraction of sp³-hybridized carbons (Fsp3) is 0.240. The number of hydrogen-bond donors (Lipinski definition) is 5. The van der Waals surface area contributed by atoms with Crippen LogP contribution in [0.2, 0.25) is 5.02 Å². The zero-order valence-electron chi connectivity index (χ0n) is 18.7. The number of fused-ring (bicyclic) bond motifs is 1. The molecule has 0 saturated heterocycles. The van der Waals surface area contributed by atoms with E-state index >= 15 is 0 Å². The number of aryl methyl sites for hydroxylation is 1. The van der Waals surface area contributed by atoms with Crippen LogP contribution in [0.25, 0.3) is 22.4 Å². The van der Waals surface area contributed by atoms with E-state index in [1.54, 1.807) is 12.3 Å². The number of hydrogen-bond acceptors (Lipinski definition) is 6. The number of nitrogens with zero attached hydrogens (tertiary/aromatic N) is 2. The second-order valence-corrected chi connectivity index (χ2v) is 8.75. The standard InChI is InChI=1S/C25H25ClN6O2/c1-14-10-16(23-27-8-9-28-23)12-20-22(14)32-24(31-20)21-19(6-7-29-25(21)34)30-17(13-33)11-15-4-2-3-5-18(15)26/h2-7,10,12,17,33H,8-9,11,13H2,1H3,(H,27,28)(H,31,32)(H2,29,30,34)/t17-/m0/s1. The summed E-state index contributed by atoms with van der Waals surface area (Å²) in [5.41, 5.74) is 5.18. The zero-order valence-corrected chi connectivity index (χ0v) is 19.4. The van der Waals surface area contributed by atoms with Gasteiger partial charge >= 0.3 is 0 Å². The van der Waals surface area contributed by atoms with Crippen molar-refractivity contribution in [2.45, 2.75) is 19.4 Å². The number of pyridine rings is 1. The molecule has 8 nitrogen and oxygen atoms in total. The molecule has 0 saturated carbocycles. The molecule has 2 aromatic carbocycles. The smallest absolute Gasteiger partial charge is 0.261 e. The largest absolute Gasteiger partial charge is 0.394 e. The second-order valence-electron chi connectivity index (χ2n) is 8.35. The summed E-state index contributed by atoms with van der Waals surface area (Å²) in [6.45, 7) is 3.45. The van der Waals surface area contributed by atoms with E-state index in [1.807, 2.05) is 43.3 Å². The van der Waals surface area contributed by atoms with Gasteiger partial charge in [0, 0.05) is 23.3 Å². The maximum absolute atomic E-state index is 12.9. The Bertz CT molecular complexity index is 1440. The first kappa shape index (κ1) is 22.2. The van der Waals surface area contributed by atoms with E-state index in [9.17, 15) is 9.90 Å². The van der Waals surface area contributed by atoms with E-state index in [-0.39, 0.29) is 18.2 Å². The van der Waals surface area contributed by atoms with Crippen LogP contribution in [0.3, 0.4) is 0 Å². The maximum atomic E-state index is 12.9. The first-order valence-corrected chi connectivity index (χ1v) is 11.5. The van der Waals surface area contributed by atoms with Crippen LogP contribution in [-0.2, 0) is 6.42 Å². The van der Waals surface area contributed by atoms with Gasteiger partial charge in [0.25, 0.3) is 5.56 Å².